The Balaban J connectivity index is 1.32. The molecule has 2 aromatic heterocycles. The third-order valence-electron chi connectivity index (χ3n) is 6.28. The minimum absolute atomic E-state index is 0.0107. The maximum Gasteiger partial charge on any atom is 0.167 e. The van der Waals surface area contributed by atoms with Crippen molar-refractivity contribution in [2.75, 3.05) is 11.9 Å². The lowest BCUT2D eigenvalue weighted by Crippen LogP contribution is -2.33. The van der Waals surface area contributed by atoms with Gasteiger partial charge in [-0.15, -0.1) is 0 Å². The van der Waals surface area contributed by atoms with E-state index >= 15 is 0 Å². The molecule has 4 N–H and O–H groups in total. The number of fused-ring (bicyclic) bond motifs is 1. The third-order valence-corrected chi connectivity index (χ3v) is 6.51. The van der Waals surface area contributed by atoms with Gasteiger partial charge in [0.2, 0.25) is 0 Å². The fraction of sp³-hybridized carbons (Fsp3) is 0.500. The molecule has 0 unspecified atom stereocenters. The number of aliphatic hydroxyl groups excluding tert-OH is 3. The normalized spacial score (nSPS) is 29.7. The van der Waals surface area contributed by atoms with E-state index in [0.717, 1.165) is 24.8 Å². The van der Waals surface area contributed by atoms with Gasteiger partial charge in [-0.25, -0.2) is 15.0 Å². The van der Waals surface area contributed by atoms with Gasteiger partial charge in [0.15, 0.2) is 23.2 Å². The summed E-state index contributed by atoms with van der Waals surface area (Å²) in [7, 11) is 0. The molecule has 2 fully saturated rings. The Labute approximate surface area is 195 Å². The number of hydrogen-bond donors (Lipinski definition) is 4. The first-order chi connectivity index (χ1) is 16.0. The highest BCUT2D eigenvalue weighted by atomic mass is 35.5. The molecule has 10 nitrogen and oxygen atoms in total. The zero-order valence-corrected chi connectivity index (χ0v) is 18.5. The molecule has 11 heteroatoms. The van der Waals surface area contributed by atoms with Gasteiger partial charge in [0.1, 0.15) is 24.6 Å². The number of nitrogens with one attached hydrogen (secondary N) is 1. The molecule has 3 aromatic rings. The van der Waals surface area contributed by atoms with E-state index in [2.05, 4.69) is 20.3 Å². The third kappa shape index (κ3) is 4.42. The monoisotopic (exact) mass is 475 g/mol. The van der Waals surface area contributed by atoms with Crippen molar-refractivity contribution in [2.45, 2.75) is 62.6 Å². The topological polar surface area (TPSA) is 135 Å². The Bertz CT molecular complexity index is 1110. The second kappa shape index (κ2) is 9.49. The van der Waals surface area contributed by atoms with Gasteiger partial charge in [-0.3, -0.25) is 4.57 Å². The van der Waals surface area contributed by atoms with Crippen LogP contribution in [0, 0.1) is 0 Å². The first kappa shape index (κ1) is 22.5. The van der Waals surface area contributed by atoms with Crippen LogP contribution in [-0.2, 0) is 16.1 Å². The Morgan fingerprint density at radius 3 is 2.85 bits per heavy atom. The summed E-state index contributed by atoms with van der Waals surface area (Å²) in [6.07, 6.45) is 1.61. The average molecular weight is 476 g/mol. The van der Waals surface area contributed by atoms with Crippen molar-refractivity contribution in [2.24, 2.45) is 0 Å². The van der Waals surface area contributed by atoms with Crippen molar-refractivity contribution < 1.29 is 24.8 Å². The van der Waals surface area contributed by atoms with Crippen LogP contribution in [0.4, 0.5) is 5.82 Å². The number of aliphatic hydroxyl groups is 3. The van der Waals surface area contributed by atoms with E-state index < -0.39 is 31.1 Å². The number of hydrogen-bond acceptors (Lipinski definition) is 9. The molecule has 0 radical (unpaired) electrons. The molecule has 1 saturated heterocycles. The highest BCUT2D eigenvalue weighted by molar-refractivity contribution is 6.30. The van der Waals surface area contributed by atoms with Crippen molar-refractivity contribution in [3.05, 3.63) is 47.5 Å². The highest BCUT2D eigenvalue weighted by Gasteiger charge is 2.44. The van der Waals surface area contributed by atoms with Gasteiger partial charge in [0.05, 0.1) is 31.7 Å². The zero-order chi connectivity index (χ0) is 22.9. The van der Waals surface area contributed by atoms with Crippen molar-refractivity contribution in [3.8, 4) is 0 Å². The van der Waals surface area contributed by atoms with Gasteiger partial charge in [-0.2, -0.15) is 0 Å². The lowest BCUT2D eigenvalue weighted by atomic mass is 10.1. The van der Waals surface area contributed by atoms with Gasteiger partial charge >= 0.3 is 0 Å². The first-order valence-electron chi connectivity index (χ1n) is 11.0. The Morgan fingerprint density at radius 2 is 2.06 bits per heavy atom. The summed E-state index contributed by atoms with van der Waals surface area (Å²) >= 11 is 6.07. The molecule has 5 rings (SSSR count). The molecule has 1 aromatic carbocycles. The fourth-order valence-corrected chi connectivity index (χ4v) is 4.76. The standard InChI is InChI=1S/C22H26ClN5O5/c23-13-4-1-3-12(7-13)9-32-15-6-2-5-14(15)27-20-17-21(25-10-24-20)28(11-26-17)22-19(31)18(30)16(8-29)33-22/h1,3-4,7,10-11,14-16,18-19,22,29-31H,2,5-6,8-9H2,(H,24,25,27)/t14-,15-,16-,18-,19-,22-/m1/s1. The maximum absolute atomic E-state index is 10.4. The molecular weight excluding hydrogens is 450 g/mol. The number of nitrogens with zero attached hydrogens (tertiary/aromatic N) is 4. The zero-order valence-electron chi connectivity index (χ0n) is 17.8. The van der Waals surface area contributed by atoms with Gasteiger partial charge < -0.3 is 30.1 Å². The van der Waals surface area contributed by atoms with Crippen molar-refractivity contribution in [1.29, 1.82) is 0 Å². The molecule has 176 valence electrons. The van der Waals surface area contributed by atoms with Crippen LogP contribution < -0.4 is 5.32 Å². The Morgan fingerprint density at radius 1 is 1.18 bits per heavy atom. The molecule has 3 heterocycles. The van der Waals surface area contributed by atoms with Gasteiger partial charge in [0.25, 0.3) is 0 Å². The summed E-state index contributed by atoms with van der Waals surface area (Å²) < 4.78 is 13.4. The quantitative estimate of drug-likeness (QED) is 0.402. The van der Waals surface area contributed by atoms with E-state index in [0.29, 0.717) is 28.6 Å². The number of ether oxygens (including phenoxy) is 2. The number of aromatic nitrogens is 4. The molecule has 1 aliphatic carbocycles. The smallest absolute Gasteiger partial charge is 0.167 e. The van der Waals surface area contributed by atoms with Crippen LogP contribution in [0.5, 0.6) is 0 Å². The molecule has 0 amide bonds. The molecule has 1 saturated carbocycles. The van der Waals surface area contributed by atoms with E-state index in [9.17, 15) is 15.3 Å². The lowest BCUT2D eigenvalue weighted by molar-refractivity contribution is -0.0511. The minimum Gasteiger partial charge on any atom is -0.394 e. The highest BCUT2D eigenvalue weighted by Crippen LogP contribution is 2.33. The van der Waals surface area contributed by atoms with Crippen LogP contribution in [-0.4, -0.2) is 71.9 Å². The number of imidazole rings is 1. The first-order valence-corrected chi connectivity index (χ1v) is 11.4. The van der Waals surface area contributed by atoms with E-state index in [4.69, 9.17) is 21.1 Å². The summed E-state index contributed by atoms with van der Waals surface area (Å²) in [4.78, 5) is 13.1. The van der Waals surface area contributed by atoms with E-state index in [1.165, 1.54) is 12.7 Å². The summed E-state index contributed by atoms with van der Waals surface area (Å²) in [6.45, 7) is 0.0733. The second-order valence-corrected chi connectivity index (χ2v) is 8.87. The minimum atomic E-state index is -1.22. The molecule has 33 heavy (non-hydrogen) atoms. The molecular formula is C22H26ClN5O5. The maximum atomic E-state index is 10.4. The van der Waals surface area contributed by atoms with E-state index in [-0.39, 0.29) is 12.1 Å². The van der Waals surface area contributed by atoms with Crippen LogP contribution in [0.3, 0.4) is 0 Å². The van der Waals surface area contributed by atoms with Gasteiger partial charge in [-0.1, -0.05) is 23.7 Å². The summed E-state index contributed by atoms with van der Waals surface area (Å²) in [5, 5.41) is 34.0. The molecule has 2 aliphatic rings. The van der Waals surface area contributed by atoms with E-state index in [1.807, 2.05) is 24.3 Å². The van der Waals surface area contributed by atoms with Crippen LogP contribution in [0.2, 0.25) is 5.02 Å². The largest absolute Gasteiger partial charge is 0.394 e. The Hall–Kier alpha value is -2.34. The van der Waals surface area contributed by atoms with Crippen LogP contribution >= 0.6 is 11.6 Å². The van der Waals surface area contributed by atoms with Gasteiger partial charge in [0, 0.05) is 5.02 Å². The number of rotatable bonds is 7. The van der Waals surface area contributed by atoms with Crippen molar-refractivity contribution in [1.82, 2.24) is 19.5 Å². The van der Waals surface area contributed by atoms with Gasteiger partial charge in [-0.05, 0) is 37.0 Å². The lowest BCUT2D eigenvalue weighted by Gasteiger charge is -2.22. The van der Waals surface area contributed by atoms with Crippen LogP contribution in [0.15, 0.2) is 36.9 Å². The second-order valence-electron chi connectivity index (χ2n) is 8.44. The molecule has 1 aliphatic heterocycles. The Kier molecular flexibility index (Phi) is 6.46. The fourth-order valence-electron chi connectivity index (χ4n) is 4.55. The van der Waals surface area contributed by atoms with E-state index in [1.54, 1.807) is 4.57 Å². The van der Waals surface area contributed by atoms with Crippen LogP contribution in [0.1, 0.15) is 31.1 Å². The predicted octanol–water partition coefficient (Wildman–Crippen LogP) is 1.64. The molecule has 6 atom stereocenters. The average Bonchev–Trinajstić information content (AvgIpc) is 3.51. The van der Waals surface area contributed by atoms with Crippen molar-refractivity contribution >= 4 is 28.6 Å². The summed E-state index contributed by atoms with van der Waals surface area (Å²) in [6, 6.07) is 7.69. The number of benzene rings is 1. The number of halogens is 1. The summed E-state index contributed by atoms with van der Waals surface area (Å²) in [5.74, 6) is 0.564. The summed E-state index contributed by atoms with van der Waals surface area (Å²) in [5.41, 5.74) is 2.00. The SMILES string of the molecule is OC[C@H]1O[C@@H](n2cnc3c(N[C@@H]4CCC[C@H]4OCc4cccc(Cl)c4)ncnc32)[C@H](O)[C@@H]1O. The van der Waals surface area contributed by atoms with Crippen molar-refractivity contribution in [3.63, 3.8) is 0 Å². The predicted molar refractivity (Wildman–Crippen MR) is 120 cm³/mol. The number of anilines is 1. The van der Waals surface area contributed by atoms with Crippen LogP contribution in [0.25, 0.3) is 11.2 Å². The molecule has 0 bridgehead atoms. The molecule has 0 spiro atoms.